The molecule has 0 heterocycles. The predicted octanol–water partition coefficient (Wildman–Crippen LogP) is 5.33. The minimum Gasteiger partial charge on any atom is -0.484 e. The zero-order valence-corrected chi connectivity index (χ0v) is 20.9. The van der Waals surface area contributed by atoms with Crippen molar-refractivity contribution in [3.05, 3.63) is 100 Å². The average Bonchev–Trinajstić information content (AvgIpc) is 2.83. The summed E-state index contributed by atoms with van der Waals surface area (Å²) in [5.74, 6) is -0.698. The van der Waals surface area contributed by atoms with Gasteiger partial charge in [0.2, 0.25) is 5.91 Å². The molecule has 0 bridgehead atoms. The summed E-state index contributed by atoms with van der Waals surface area (Å²) >= 11 is 6.08. The molecule has 1 N–H and O–H groups in total. The van der Waals surface area contributed by atoms with Crippen LogP contribution >= 0.6 is 11.6 Å². The molecule has 1 atom stereocenters. The van der Waals surface area contributed by atoms with Gasteiger partial charge in [-0.25, -0.2) is 4.39 Å². The Morgan fingerprint density at radius 2 is 1.71 bits per heavy atom. The molecule has 35 heavy (non-hydrogen) atoms. The number of ether oxygens (including phenoxy) is 1. The van der Waals surface area contributed by atoms with Crippen LogP contribution in [0.5, 0.6) is 5.75 Å². The third kappa shape index (κ3) is 7.55. The van der Waals surface area contributed by atoms with E-state index in [0.29, 0.717) is 16.3 Å². The van der Waals surface area contributed by atoms with Gasteiger partial charge in [0.1, 0.15) is 17.6 Å². The van der Waals surface area contributed by atoms with Gasteiger partial charge >= 0.3 is 0 Å². The second-order valence-electron chi connectivity index (χ2n) is 8.68. The number of carbonyl (C=O) groups excluding carboxylic acids is 2. The SMILES string of the molecule is Cc1cc(OCC(=O)N(Cc2ccccc2F)C(Cc2ccccc2)C(=O)NC(C)C)ccc1Cl. The number of halogens is 2. The first-order valence-electron chi connectivity index (χ1n) is 11.5. The maximum Gasteiger partial charge on any atom is 0.261 e. The maximum absolute atomic E-state index is 14.6. The zero-order chi connectivity index (χ0) is 25.4. The number of carbonyl (C=O) groups is 2. The molecule has 0 aliphatic carbocycles. The molecule has 0 fully saturated rings. The average molecular weight is 497 g/mol. The van der Waals surface area contributed by atoms with E-state index in [1.165, 1.54) is 11.0 Å². The summed E-state index contributed by atoms with van der Waals surface area (Å²) in [4.78, 5) is 28.2. The molecule has 0 radical (unpaired) electrons. The number of benzene rings is 3. The molecule has 7 heteroatoms. The van der Waals surface area contributed by atoms with Crippen molar-refractivity contribution in [3.8, 4) is 5.75 Å². The van der Waals surface area contributed by atoms with Crippen LogP contribution in [0, 0.1) is 12.7 Å². The van der Waals surface area contributed by atoms with E-state index < -0.39 is 17.8 Å². The van der Waals surface area contributed by atoms with Crippen LogP contribution in [0.3, 0.4) is 0 Å². The van der Waals surface area contributed by atoms with E-state index in [-0.39, 0.29) is 31.5 Å². The molecule has 3 rings (SSSR count). The largest absolute Gasteiger partial charge is 0.484 e. The number of nitrogens with zero attached hydrogens (tertiary/aromatic N) is 1. The lowest BCUT2D eigenvalue weighted by molar-refractivity contribution is -0.143. The van der Waals surface area contributed by atoms with Crippen molar-refractivity contribution < 1.29 is 18.7 Å². The minimum atomic E-state index is -0.859. The third-order valence-electron chi connectivity index (χ3n) is 5.49. The number of nitrogens with one attached hydrogen (secondary N) is 1. The van der Waals surface area contributed by atoms with E-state index in [0.717, 1.165) is 11.1 Å². The first-order valence-corrected chi connectivity index (χ1v) is 11.9. The Morgan fingerprint density at radius 3 is 2.37 bits per heavy atom. The molecule has 184 valence electrons. The normalized spacial score (nSPS) is 11.7. The van der Waals surface area contributed by atoms with E-state index in [9.17, 15) is 14.0 Å². The van der Waals surface area contributed by atoms with Crippen LogP contribution < -0.4 is 10.1 Å². The van der Waals surface area contributed by atoms with E-state index in [1.54, 1.807) is 36.4 Å². The Hall–Kier alpha value is -3.38. The number of hydrogen-bond acceptors (Lipinski definition) is 3. The van der Waals surface area contributed by atoms with Gasteiger partial charge in [0.05, 0.1) is 0 Å². The van der Waals surface area contributed by atoms with Crippen molar-refractivity contribution in [2.45, 2.75) is 45.8 Å². The van der Waals surface area contributed by atoms with Crippen LogP contribution in [0.15, 0.2) is 72.8 Å². The standard InChI is InChI=1S/C28H30ClFN2O3/c1-19(2)31-28(34)26(16-21-9-5-4-6-10-21)32(17-22-11-7-8-12-25(22)30)27(33)18-35-23-13-14-24(29)20(3)15-23/h4-15,19,26H,16-18H2,1-3H3,(H,31,34). The second kappa shape index (κ2) is 12.4. The Kier molecular flexibility index (Phi) is 9.26. The number of aryl methyl sites for hydroxylation is 1. The van der Waals surface area contributed by atoms with Crippen molar-refractivity contribution in [2.24, 2.45) is 0 Å². The first-order chi connectivity index (χ1) is 16.7. The Bertz CT molecular complexity index is 1150. The number of amides is 2. The van der Waals surface area contributed by atoms with Gasteiger partial charge in [-0.2, -0.15) is 0 Å². The summed E-state index contributed by atoms with van der Waals surface area (Å²) in [6, 6.07) is 19.8. The Morgan fingerprint density at radius 1 is 1.03 bits per heavy atom. The molecule has 3 aromatic rings. The topological polar surface area (TPSA) is 58.6 Å². The van der Waals surface area contributed by atoms with Crippen molar-refractivity contribution in [3.63, 3.8) is 0 Å². The molecular formula is C28H30ClFN2O3. The van der Waals surface area contributed by atoms with E-state index in [2.05, 4.69) is 5.32 Å². The van der Waals surface area contributed by atoms with Crippen molar-refractivity contribution in [1.29, 1.82) is 0 Å². The molecule has 1 unspecified atom stereocenters. The van der Waals surface area contributed by atoms with Crippen LogP contribution in [0.1, 0.15) is 30.5 Å². The smallest absolute Gasteiger partial charge is 0.261 e. The fraction of sp³-hybridized carbons (Fsp3) is 0.286. The van der Waals surface area contributed by atoms with Crippen LogP contribution in [0.4, 0.5) is 4.39 Å². The summed E-state index contributed by atoms with van der Waals surface area (Å²) in [5, 5.41) is 3.50. The van der Waals surface area contributed by atoms with Crippen LogP contribution in [-0.2, 0) is 22.6 Å². The lowest BCUT2D eigenvalue weighted by atomic mass is 10.0. The van der Waals surface area contributed by atoms with Crippen molar-refractivity contribution in [1.82, 2.24) is 10.2 Å². The van der Waals surface area contributed by atoms with Gasteiger partial charge in [-0.3, -0.25) is 9.59 Å². The van der Waals surface area contributed by atoms with Gasteiger partial charge in [0.25, 0.3) is 5.91 Å². The maximum atomic E-state index is 14.6. The lowest BCUT2D eigenvalue weighted by Crippen LogP contribution is -2.53. The molecule has 3 aromatic carbocycles. The minimum absolute atomic E-state index is 0.0719. The molecule has 0 spiro atoms. The highest BCUT2D eigenvalue weighted by molar-refractivity contribution is 6.31. The van der Waals surface area contributed by atoms with E-state index in [1.807, 2.05) is 51.1 Å². The van der Waals surface area contributed by atoms with Gasteiger partial charge in [-0.1, -0.05) is 60.1 Å². The summed E-state index contributed by atoms with van der Waals surface area (Å²) in [6.07, 6.45) is 0.277. The predicted molar refractivity (Wildman–Crippen MR) is 136 cm³/mol. The molecule has 0 aromatic heterocycles. The van der Waals surface area contributed by atoms with E-state index >= 15 is 0 Å². The molecule has 0 aliphatic rings. The van der Waals surface area contributed by atoms with Crippen molar-refractivity contribution in [2.75, 3.05) is 6.61 Å². The van der Waals surface area contributed by atoms with Gasteiger partial charge in [0, 0.05) is 29.6 Å². The summed E-state index contributed by atoms with van der Waals surface area (Å²) in [7, 11) is 0. The molecule has 2 amide bonds. The monoisotopic (exact) mass is 496 g/mol. The fourth-order valence-electron chi connectivity index (χ4n) is 3.68. The number of rotatable bonds is 10. The number of hydrogen-bond donors (Lipinski definition) is 1. The van der Waals surface area contributed by atoms with Crippen molar-refractivity contribution >= 4 is 23.4 Å². The van der Waals surface area contributed by atoms with Gasteiger partial charge < -0.3 is 15.0 Å². The van der Waals surface area contributed by atoms with Gasteiger partial charge in [0.15, 0.2) is 6.61 Å². The highest BCUT2D eigenvalue weighted by Crippen LogP contribution is 2.22. The zero-order valence-electron chi connectivity index (χ0n) is 20.1. The molecule has 0 saturated carbocycles. The Balaban J connectivity index is 1.92. The first kappa shape index (κ1) is 26.2. The molecule has 5 nitrogen and oxygen atoms in total. The lowest BCUT2D eigenvalue weighted by Gasteiger charge is -2.32. The molecule has 0 aliphatic heterocycles. The highest BCUT2D eigenvalue weighted by Gasteiger charge is 2.31. The second-order valence-corrected chi connectivity index (χ2v) is 9.09. The summed E-state index contributed by atoms with van der Waals surface area (Å²) < 4.78 is 20.3. The van der Waals surface area contributed by atoms with Crippen LogP contribution in [0.25, 0.3) is 0 Å². The summed E-state index contributed by atoms with van der Waals surface area (Å²) in [6.45, 7) is 5.17. The molecule has 0 saturated heterocycles. The van der Waals surface area contributed by atoms with E-state index in [4.69, 9.17) is 16.3 Å². The van der Waals surface area contributed by atoms with Gasteiger partial charge in [-0.15, -0.1) is 0 Å². The Labute approximate surface area is 210 Å². The third-order valence-corrected chi connectivity index (χ3v) is 5.92. The summed E-state index contributed by atoms with van der Waals surface area (Å²) in [5.41, 5.74) is 2.02. The van der Waals surface area contributed by atoms with Crippen LogP contribution in [0.2, 0.25) is 5.02 Å². The highest BCUT2D eigenvalue weighted by atomic mass is 35.5. The van der Waals surface area contributed by atoms with Gasteiger partial charge in [-0.05, 0) is 56.2 Å². The van der Waals surface area contributed by atoms with Crippen LogP contribution in [-0.4, -0.2) is 35.4 Å². The fourth-order valence-corrected chi connectivity index (χ4v) is 3.80. The molecular weight excluding hydrogens is 467 g/mol. The quantitative estimate of drug-likeness (QED) is 0.412.